The molecule has 2 saturated heterocycles. The van der Waals surface area contributed by atoms with Gasteiger partial charge < -0.3 is 20.6 Å². The summed E-state index contributed by atoms with van der Waals surface area (Å²) in [5.41, 5.74) is -0.220. The van der Waals surface area contributed by atoms with Crippen LogP contribution in [0.2, 0.25) is 0 Å². The van der Waals surface area contributed by atoms with E-state index >= 15 is 0 Å². The molecule has 3 aliphatic rings. The highest BCUT2D eigenvalue weighted by molar-refractivity contribution is 5.96. The highest BCUT2D eigenvalue weighted by atomic mass is 19.4. The van der Waals surface area contributed by atoms with Crippen molar-refractivity contribution in [2.75, 3.05) is 38.5 Å². The number of guanidine groups is 1. The quantitative estimate of drug-likeness (QED) is 0.557. The van der Waals surface area contributed by atoms with Crippen LogP contribution < -0.4 is 10.6 Å². The number of piperidine rings is 1. The van der Waals surface area contributed by atoms with Crippen LogP contribution >= 0.6 is 0 Å². The van der Waals surface area contributed by atoms with Gasteiger partial charge >= 0.3 is 6.18 Å². The number of halogens is 3. The fourth-order valence-electron chi connectivity index (χ4n) is 5.73. The van der Waals surface area contributed by atoms with Crippen molar-refractivity contribution in [1.82, 2.24) is 24.9 Å². The summed E-state index contributed by atoms with van der Waals surface area (Å²) in [6.45, 7) is 7.24. The molecule has 0 spiro atoms. The van der Waals surface area contributed by atoms with E-state index in [2.05, 4.69) is 32.6 Å². The van der Waals surface area contributed by atoms with E-state index < -0.39 is 17.3 Å². The molecule has 1 aromatic carbocycles. The van der Waals surface area contributed by atoms with E-state index in [1.165, 1.54) is 10.7 Å². The van der Waals surface area contributed by atoms with Gasteiger partial charge in [0, 0.05) is 25.7 Å². The number of likely N-dealkylation sites (tertiary alicyclic amines) is 2. The minimum Gasteiger partial charge on any atom is -0.390 e. The molecule has 2 aromatic rings. The van der Waals surface area contributed by atoms with Crippen molar-refractivity contribution in [2.45, 2.75) is 63.5 Å². The van der Waals surface area contributed by atoms with Crippen molar-refractivity contribution >= 4 is 11.8 Å². The molecule has 0 saturated carbocycles. The number of likely N-dealkylation sites (N-methyl/N-ethyl adjacent to an activating group) is 1. The number of benzene rings is 1. The Labute approximate surface area is 215 Å². The van der Waals surface area contributed by atoms with E-state index in [0.29, 0.717) is 23.4 Å². The molecule has 0 aliphatic carbocycles. The molecule has 3 aliphatic heterocycles. The van der Waals surface area contributed by atoms with Crippen LogP contribution in [0.3, 0.4) is 0 Å². The Morgan fingerprint density at radius 2 is 1.89 bits per heavy atom. The topological polar surface area (TPSA) is 80.9 Å². The number of anilines is 1. The number of nitrogens with zero attached hydrogens (tertiary/aromatic N) is 5. The van der Waals surface area contributed by atoms with E-state index in [-0.39, 0.29) is 12.2 Å². The summed E-state index contributed by atoms with van der Waals surface area (Å²) in [5.74, 6) is 1.69. The van der Waals surface area contributed by atoms with Gasteiger partial charge in [-0.25, -0.2) is 9.67 Å². The van der Waals surface area contributed by atoms with Crippen LogP contribution in [0.5, 0.6) is 0 Å². The highest BCUT2D eigenvalue weighted by Gasteiger charge is 2.36. The van der Waals surface area contributed by atoms with Gasteiger partial charge in [0.05, 0.1) is 28.6 Å². The van der Waals surface area contributed by atoms with Gasteiger partial charge in [0.25, 0.3) is 0 Å². The number of hydrogen-bond donors (Lipinski definition) is 3. The second-order valence-corrected chi connectivity index (χ2v) is 11.3. The fraction of sp³-hybridized carbons (Fsp3) is 0.615. The molecule has 11 heteroatoms. The Hall–Kier alpha value is -2.63. The SMILES string of the molecule is CN1CC[C@@H](NC2=N[C@H](N3CCC(CC(C)(C)O)CC3)c3cnn(-c4cccc(C(F)(F)F)c4)c3N2)C1. The maximum atomic E-state index is 13.4. The summed E-state index contributed by atoms with van der Waals surface area (Å²) < 4.78 is 41.8. The molecule has 0 bridgehead atoms. The molecular weight excluding hydrogens is 483 g/mol. The van der Waals surface area contributed by atoms with E-state index in [0.717, 1.165) is 69.6 Å². The van der Waals surface area contributed by atoms with Gasteiger partial charge in [0.2, 0.25) is 0 Å². The van der Waals surface area contributed by atoms with Gasteiger partial charge in [0.15, 0.2) is 5.96 Å². The average Bonchev–Trinajstić information content (AvgIpc) is 3.43. The minimum atomic E-state index is -4.44. The van der Waals surface area contributed by atoms with E-state index in [1.807, 2.05) is 13.8 Å². The fourth-order valence-corrected chi connectivity index (χ4v) is 5.73. The zero-order chi connectivity index (χ0) is 26.4. The largest absolute Gasteiger partial charge is 0.416 e. The molecule has 202 valence electrons. The third-order valence-electron chi connectivity index (χ3n) is 7.50. The Bertz CT molecular complexity index is 1130. The van der Waals surface area contributed by atoms with E-state index in [9.17, 15) is 18.3 Å². The van der Waals surface area contributed by atoms with Gasteiger partial charge in [-0.1, -0.05) is 6.07 Å². The molecule has 5 rings (SSSR count). The predicted molar refractivity (Wildman–Crippen MR) is 137 cm³/mol. The van der Waals surface area contributed by atoms with Gasteiger partial charge in [-0.3, -0.25) is 4.90 Å². The molecule has 37 heavy (non-hydrogen) atoms. The molecule has 2 fully saturated rings. The average molecular weight is 520 g/mol. The van der Waals surface area contributed by atoms with Crippen LogP contribution in [0.4, 0.5) is 19.0 Å². The van der Waals surface area contributed by atoms with Crippen LogP contribution in [-0.2, 0) is 6.18 Å². The first-order valence-corrected chi connectivity index (χ1v) is 13.0. The van der Waals surface area contributed by atoms with Gasteiger partial charge in [0.1, 0.15) is 12.0 Å². The zero-order valence-corrected chi connectivity index (χ0v) is 21.6. The van der Waals surface area contributed by atoms with Crippen LogP contribution in [0.1, 0.15) is 56.8 Å². The molecule has 0 amide bonds. The Morgan fingerprint density at radius 1 is 1.14 bits per heavy atom. The van der Waals surface area contributed by atoms with Gasteiger partial charge in [-0.05, 0) is 77.2 Å². The number of fused-ring (bicyclic) bond motifs is 1. The normalized spacial score (nSPS) is 24.0. The molecule has 4 heterocycles. The summed E-state index contributed by atoms with van der Waals surface area (Å²) in [6.07, 6.45) is 0.643. The summed E-state index contributed by atoms with van der Waals surface area (Å²) in [7, 11) is 2.08. The summed E-state index contributed by atoms with van der Waals surface area (Å²) in [5, 5.41) is 21.6. The number of aliphatic imine (C=N–C) groups is 1. The zero-order valence-electron chi connectivity index (χ0n) is 21.6. The number of rotatable bonds is 5. The molecule has 0 radical (unpaired) electrons. The second-order valence-electron chi connectivity index (χ2n) is 11.3. The first kappa shape index (κ1) is 26.0. The van der Waals surface area contributed by atoms with Crippen molar-refractivity contribution in [1.29, 1.82) is 0 Å². The maximum absolute atomic E-state index is 13.4. The summed E-state index contributed by atoms with van der Waals surface area (Å²) >= 11 is 0. The summed E-state index contributed by atoms with van der Waals surface area (Å²) in [6, 6.07) is 5.46. The van der Waals surface area contributed by atoms with Crippen LogP contribution in [0.15, 0.2) is 35.5 Å². The van der Waals surface area contributed by atoms with Crippen molar-refractivity contribution in [3.8, 4) is 5.69 Å². The molecule has 1 aromatic heterocycles. The van der Waals surface area contributed by atoms with Crippen LogP contribution in [-0.4, -0.2) is 75.5 Å². The lowest BCUT2D eigenvalue weighted by Gasteiger charge is -2.39. The summed E-state index contributed by atoms with van der Waals surface area (Å²) in [4.78, 5) is 9.58. The van der Waals surface area contributed by atoms with Crippen molar-refractivity contribution in [3.05, 3.63) is 41.6 Å². The van der Waals surface area contributed by atoms with Crippen molar-refractivity contribution in [2.24, 2.45) is 10.9 Å². The number of aromatic nitrogens is 2. The lowest BCUT2D eigenvalue weighted by Crippen LogP contribution is -2.45. The van der Waals surface area contributed by atoms with Crippen molar-refractivity contribution in [3.63, 3.8) is 0 Å². The lowest BCUT2D eigenvalue weighted by atomic mass is 9.86. The van der Waals surface area contributed by atoms with E-state index in [1.54, 1.807) is 12.3 Å². The number of hydrogen-bond acceptors (Lipinski definition) is 7. The van der Waals surface area contributed by atoms with Crippen LogP contribution in [0.25, 0.3) is 5.69 Å². The molecule has 8 nitrogen and oxygen atoms in total. The van der Waals surface area contributed by atoms with Gasteiger partial charge in [-0.15, -0.1) is 0 Å². The third kappa shape index (κ3) is 5.94. The first-order valence-electron chi connectivity index (χ1n) is 13.0. The van der Waals surface area contributed by atoms with Crippen molar-refractivity contribution < 1.29 is 18.3 Å². The number of nitrogens with one attached hydrogen (secondary N) is 2. The molecule has 0 unspecified atom stereocenters. The molecule has 2 atom stereocenters. The molecular formula is C26H36F3N7O. The van der Waals surface area contributed by atoms with Crippen LogP contribution in [0, 0.1) is 5.92 Å². The third-order valence-corrected chi connectivity index (χ3v) is 7.50. The number of alkyl halides is 3. The Morgan fingerprint density at radius 3 is 2.54 bits per heavy atom. The Balaban J connectivity index is 1.43. The second kappa shape index (κ2) is 9.92. The lowest BCUT2D eigenvalue weighted by molar-refractivity contribution is -0.137. The first-order chi connectivity index (χ1) is 17.5. The molecule has 3 N–H and O–H groups in total. The number of aliphatic hydroxyl groups is 1. The highest BCUT2D eigenvalue weighted by Crippen LogP contribution is 2.38. The Kier molecular flexibility index (Phi) is 6.97. The standard InChI is InChI=1S/C26H36F3N7O/c1-25(2,37)14-17-7-11-35(12-8-17)22-21-15-30-36(20-6-4-5-18(13-20)26(27,28)29)23(21)33-24(32-22)31-19-9-10-34(3)16-19/h4-6,13,15,17,19,22,37H,7-12,14,16H2,1-3H3,(H2,31,32,33)/t19-,22-/m1/s1. The minimum absolute atomic E-state index is 0.237. The predicted octanol–water partition coefficient (Wildman–Crippen LogP) is 3.84. The maximum Gasteiger partial charge on any atom is 0.416 e. The smallest absolute Gasteiger partial charge is 0.390 e. The van der Waals surface area contributed by atoms with Gasteiger partial charge in [-0.2, -0.15) is 18.3 Å². The monoisotopic (exact) mass is 519 g/mol. The van der Waals surface area contributed by atoms with E-state index in [4.69, 9.17) is 4.99 Å².